The molecule has 1 fully saturated rings. The lowest BCUT2D eigenvalue weighted by molar-refractivity contribution is -0.385. The zero-order valence-corrected chi connectivity index (χ0v) is 13.5. The van der Waals surface area contributed by atoms with Gasteiger partial charge in [-0.05, 0) is 6.92 Å². The first kappa shape index (κ1) is 17.3. The molecule has 10 heteroatoms. The molecule has 126 valence electrons. The van der Waals surface area contributed by atoms with Crippen LogP contribution in [0.25, 0.3) is 0 Å². The van der Waals surface area contributed by atoms with Crippen LogP contribution in [0.2, 0.25) is 0 Å². The summed E-state index contributed by atoms with van der Waals surface area (Å²) >= 11 is 0. The van der Waals surface area contributed by atoms with Crippen LogP contribution in [0.5, 0.6) is 0 Å². The van der Waals surface area contributed by atoms with Crippen molar-refractivity contribution in [2.24, 2.45) is 0 Å². The lowest BCUT2D eigenvalue weighted by Gasteiger charge is -2.26. The number of amides is 1. The van der Waals surface area contributed by atoms with E-state index in [4.69, 9.17) is 0 Å². The summed E-state index contributed by atoms with van der Waals surface area (Å²) in [5, 5.41) is 13.4. The van der Waals surface area contributed by atoms with E-state index < -0.39 is 20.7 Å². The van der Waals surface area contributed by atoms with Gasteiger partial charge in [-0.2, -0.15) is 0 Å². The van der Waals surface area contributed by atoms with Crippen molar-refractivity contribution >= 4 is 21.4 Å². The maximum absolute atomic E-state index is 12.1. The highest BCUT2D eigenvalue weighted by atomic mass is 32.2. The van der Waals surface area contributed by atoms with Gasteiger partial charge in [0.2, 0.25) is 0 Å². The van der Waals surface area contributed by atoms with Gasteiger partial charge in [0, 0.05) is 32.2 Å². The number of nitrogens with zero attached hydrogens (tertiary/aromatic N) is 3. The molecule has 1 N–H and O–H groups in total. The molecule has 1 saturated heterocycles. The van der Waals surface area contributed by atoms with Gasteiger partial charge in [0.1, 0.15) is 6.20 Å². The van der Waals surface area contributed by atoms with Gasteiger partial charge in [0.05, 0.1) is 27.7 Å². The lowest BCUT2D eigenvalue weighted by atomic mass is 10.2. The van der Waals surface area contributed by atoms with Crippen LogP contribution in [-0.2, 0) is 9.84 Å². The topological polar surface area (TPSA) is 123 Å². The van der Waals surface area contributed by atoms with E-state index in [1.165, 1.54) is 6.07 Å². The maximum Gasteiger partial charge on any atom is 0.288 e. The van der Waals surface area contributed by atoms with Crippen LogP contribution in [0.15, 0.2) is 12.3 Å². The van der Waals surface area contributed by atoms with Gasteiger partial charge in [-0.1, -0.05) is 0 Å². The van der Waals surface area contributed by atoms with Crippen molar-refractivity contribution < 1.29 is 18.1 Å². The van der Waals surface area contributed by atoms with Crippen molar-refractivity contribution in [2.45, 2.75) is 6.92 Å². The fourth-order valence-corrected chi connectivity index (χ4v) is 3.53. The Morgan fingerprint density at radius 3 is 2.70 bits per heavy atom. The van der Waals surface area contributed by atoms with Crippen LogP contribution in [0, 0.1) is 17.0 Å². The summed E-state index contributed by atoms with van der Waals surface area (Å²) in [6.07, 6.45) is 1.11. The Labute approximate surface area is 133 Å². The highest BCUT2D eigenvalue weighted by molar-refractivity contribution is 7.91. The number of rotatable bonds is 5. The number of carbonyl (C=O) groups is 1. The van der Waals surface area contributed by atoms with Crippen LogP contribution in [0.1, 0.15) is 16.1 Å². The molecule has 0 saturated carbocycles. The Morgan fingerprint density at radius 1 is 1.43 bits per heavy atom. The normalized spacial score (nSPS) is 17.6. The van der Waals surface area contributed by atoms with Gasteiger partial charge in [-0.3, -0.25) is 24.8 Å². The van der Waals surface area contributed by atoms with Gasteiger partial charge in [-0.25, -0.2) is 8.42 Å². The van der Waals surface area contributed by atoms with E-state index in [-0.39, 0.29) is 22.8 Å². The van der Waals surface area contributed by atoms with Crippen molar-refractivity contribution in [3.05, 3.63) is 33.6 Å². The zero-order valence-electron chi connectivity index (χ0n) is 12.7. The Kier molecular flexibility index (Phi) is 5.26. The summed E-state index contributed by atoms with van der Waals surface area (Å²) < 4.78 is 22.7. The third-order valence-corrected chi connectivity index (χ3v) is 5.29. The Balaban J connectivity index is 1.88. The van der Waals surface area contributed by atoms with E-state index in [0.717, 1.165) is 6.20 Å². The third kappa shape index (κ3) is 4.70. The Hall–Kier alpha value is -2.07. The molecule has 1 amide bonds. The summed E-state index contributed by atoms with van der Waals surface area (Å²) in [5.74, 6) is -0.160. The smallest absolute Gasteiger partial charge is 0.288 e. The molecule has 2 rings (SSSR count). The molecule has 0 aromatic carbocycles. The molecule has 9 nitrogen and oxygen atoms in total. The molecule has 0 bridgehead atoms. The monoisotopic (exact) mass is 342 g/mol. The van der Waals surface area contributed by atoms with Crippen molar-refractivity contribution in [1.82, 2.24) is 15.2 Å². The van der Waals surface area contributed by atoms with Crippen LogP contribution in [0.3, 0.4) is 0 Å². The molecule has 0 spiro atoms. The number of aryl methyl sites for hydroxylation is 1. The molecule has 1 aliphatic rings. The molecule has 0 radical (unpaired) electrons. The number of carbonyl (C=O) groups excluding carboxylic acids is 1. The fraction of sp³-hybridized carbons (Fsp3) is 0.538. The first-order valence-electron chi connectivity index (χ1n) is 7.10. The Bertz CT molecular complexity index is 705. The SMILES string of the molecule is Cc1ncc([N+](=O)[O-])cc1C(=O)NCCN1CCS(=O)(=O)CC1. The molecule has 0 aliphatic carbocycles. The summed E-state index contributed by atoms with van der Waals surface area (Å²) in [7, 11) is -2.92. The van der Waals surface area contributed by atoms with Gasteiger partial charge >= 0.3 is 0 Å². The average molecular weight is 342 g/mol. The Morgan fingerprint density at radius 2 is 2.09 bits per heavy atom. The second-order valence-corrected chi connectivity index (χ2v) is 7.64. The minimum absolute atomic E-state index is 0.134. The summed E-state index contributed by atoms with van der Waals surface area (Å²) in [4.78, 5) is 28.0. The molecule has 0 unspecified atom stereocenters. The van der Waals surface area contributed by atoms with Gasteiger partial charge in [0.25, 0.3) is 11.6 Å². The van der Waals surface area contributed by atoms with E-state index in [1.807, 2.05) is 4.90 Å². The molecule has 23 heavy (non-hydrogen) atoms. The first-order valence-corrected chi connectivity index (χ1v) is 8.92. The maximum atomic E-state index is 12.1. The second-order valence-electron chi connectivity index (χ2n) is 5.33. The fourth-order valence-electron chi connectivity index (χ4n) is 2.25. The molecule has 1 aromatic rings. The molecule has 1 aromatic heterocycles. The lowest BCUT2D eigenvalue weighted by Crippen LogP contribution is -2.43. The van der Waals surface area contributed by atoms with Crippen molar-refractivity contribution in [2.75, 3.05) is 37.7 Å². The van der Waals surface area contributed by atoms with E-state index in [9.17, 15) is 23.3 Å². The molecule has 2 heterocycles. The van der Waals surface area contributed by atoms with Gasteiger partial charge < -0.3 is 5.32 Å². The summed E-state index contributed by atoms with van der Waals surface area (Å²) in [6, 6.07) is 1.20. The molecular formula is C13H18N4O5S. The summed E-state index contributed by atoms with van der Waals surface area (Å²) in [6.45, 7) is 3.38. The highest BCUT2D eigenvalue weighted by Gasteiger charge is 2.21. The quantitative estimate of drug-likeness (QED) is 0.578. The molecular weight excluding hydrogens is 324 g/mol. The molecule has 0 atom stereocenters. The first-order chi connectivity index (χ1) is 10.8. The van der Waals surface area contributed by atoms with E-state index in [0.29, 0.717) is 31.9 Å². The van der Waals surface area contributed by atoms with Gasteiger partial charge in [-0.15, -0.1) is 0 Å². The minimum Gasteiger partial charge on any atom is -0.351 e. The number of pyridine rings is 1. The predicted molar refractivity (Wildman–Crippen MR) is 83.1 cm³/mol. The van der Waals surface area contributed by atoms with E-state index in [2.05, 4.69) is 10.3 Å². The van der Waals surface area contributed by atoms with E-state index in [1.54, 1.807) is 6.92 Å². The number of sulfone groups is 1. The van der Waals surface area contributed by atoms with Crippen LogP contribution in [-0.4, -0.2) is 66.8 Å². The number of hydrogen-bond acceptors (Lipinski definition) is 7. The number of aromatic nitrogens is 1. The number of nitrogens with one attached hydrogen (secondary N) is 1. The van der Waals surface area contributed by atoms with Gasteiger partial charge in [0.15, 0.2) is 9.84 Å². The van der Waals surface area contributed by atoms with Crippen LogP contribution < -0.4 is 5.32 Å². The largest absolute Gasteiger partial charge is 0.351 e. The zero-order chi connectivity index (χ0) is 17.0. The van der Waals surface area contributed by atoms with Crippen molar-refractivity contribution in [3.8, 4) is 0 Å². The number of nitro groups is 1. The van der Waals surface area contributed by atoms with Crippen molar-refractivity contribution in [3.63, 3.8) is 0 Å². The van der Waals surface area contributed by atoms with Crippen LogP contribution in [0.4, 0.5) is 5.69 Å². The minimum atomic E-state index is -2.92. The third-order valence-electron chi connectivity index (χ3n) is 3.68. The number of hydrogen-bond donors (Lipinski definition) is 1. The van der Waals surface area contributed by atoms with E-state index >= 15 is 0 Å². The van der Waals surface area contributed by atoms with Crippen LogP contribution >= 0.6 is 0 Å². The van der Waals surface area contributed by atoms with Crippen molar-refractivity contribution in [1.29, 1.82) is 0 Å². The highest BCUT2D eigenvalue weighted by Crippen LogP contribution is 2.14. The second kappa shape index (κ2) is 7.01. The predicted octanol–water partition coefficient (Wildman–Crippen LogP) is -0.242. The summed E-state index contributed by atoms with van der Waals surface area (Å²) in [5.41, 5.74) is 0.347. The molecule has 1 aliphatic heterocycles. The standard InChI is InChI=1S/C13H18N4O5S/c1-10-12(8-11(9-15-10)17(19)20)13(18)14-2-3-16-4-6-23(21,22)7-5-16/h8-9H,2-7H2,1H3,(H,14,18). The average Bonchev–Trinajstić information content (AvgIpc) is 2.49.